The fourth-order valence-corrected chi connectivity index (χ4v) is 4.66. The van der Waals surface area contributed by atoms with Gasteiger partial charge in [-0.15, -0.1) is 22.7 Å². The quantitative estimate of drug-likeness (QED) is 0.457. The first-order valence-corrected chi connectivity index (χ1v) is 11.8. The summed E-state index contributed by atoms with van der Waals surface area (Å²) in [5, 5.41) is 7.84. The number of benzene rings is 1. The van der Waals surface area contributed by atoms with Crippen LogP contribution < -0.4 is 15.4 Å². The highest BCUT2D eigenvalue weighted by molar-refractivity contribution is 7.16. The first-order valence-electron chi connectivity index (χ1n) is 10.1. The Kier molecular flexibility index (Phi) is 7.32. The zero-order chi connectivity index (χ0) is 25.3. The Morgan fingerprint density at radius 2 is 1.82 bits per heavy atom. The summed E-state index contributed by atoms with van der Waals surface area (Å²) in [5.41, 5.74) is -0.496. The van der Waals surface area contributed by atoms with Crippen LogP contribution in [0.4, 0.5) is 18.3 Å². The molecule has 7 nitrogen and oxygen atoms in total. The van der Waals surface area contributed by atoms with Crippen LogP contribution in [0.1, 0.15) is 40.5 Å². The van der Waals surface area contributed by atoms with Gasteiger partial charge in [-0.2, -0.15) is 13.2 Å². The van der Waals surface area contributed by atoms with E-state index in [1.807, 2.05) is 24.5 Å². The number of aryl methyl sites for hydroxylation is 2. The molecule has 0 aliphatic heterocycles. The fourth-order valence-electron chi connectivity index (χ4n) is 2.99. The minimum Gasteiger partial charge on any atom is -0.497 e. The number of nitrogens with zero attached hydrogens (tertiary/aromatic N) is 2. The van der Waals surface area contributed by atoms with Gasteiger partial charge in [-0.3, -0.25) is 9.59 Å². The second kappa shape index (κ2) is 9.71. The van der Waals surface area contributed by atoms with Gasteiger partial charge in [-0.25, -0.2) is 9.97 Å². The van der Waals surface area contributed by atoms with Crippen LogP contribution in [-0.4, -0.2) is 40.6 Å². The summed E-state index contributed by atoms with van der Waals surface area (Å²) in [6, 6.07) is 4.22. The summed E-state index contributed by atoms with van der Waals surface area (Å²) < 4.78 is 44.6. The summed E-state index contributed by atoms with van der Waals surface area (Å²) in [6.07, 6.45) is -4.76. The average molecular weight is 513 g/mol. The van der Waals surface area contributed by atoms with Gasteiger partial charge in [0.05, 0.1) is 34.8 Å². The summed E-state index contributed by atoms with van der Waals surface area (Å²) in [7, 11) is 1.36. The fraction of sp³-hybridized carbons (Fsp3) is 0.364. The van der Waals surface area contributed by atoms with Crippen molar-refractivity contribution in [1.82, 2.24) is 15.3 Å². The number of alkyl halides is 3. The molecule has 2 amide bonds. The van der Waals surface area contributed by atoms with Gasteiger partial charge in [0, 0.05) is 10.9 Å². The molecular formula is C22H23F3N4O3S2. The molecule has 0 fully saturated rings. The number of amides is 2. The molecule has 0 bridgehead atoms. The standard InChI is InChI=1S/C22H23F3N4O3S2/c1-11-18(34-12(2)26-11)16-10-33-20(27-16)28-17(30)8-13-6-14(9-15(7-13)32-5)19(31)29-21(3,4)22(23,24)25/h6-7,9-10H,8H2,1-5H3,(H,29,31)(H,27,28,30). The number of hydrogen-bond donors (Lipinski definition) is 2. The molecule has 0 unspecified atom stereocenters. The predicted molar refractivity (Wildman–Crippen MR) is 126 cm³/mol. The first-order chi connectivity index (χ1) is 15.8. The molecule has 3 rings (SSSR count). The Bertz CT molecular complexity index is 1220. The van der Waals surface area contributed by atoms with E-state index in [1.165, 1.54) is 41.9 Å². The van der Waals surface area contributed by atoms with Gasteiger partial charge in [0.2, 0.25) is 5.91 Å². The maximum absolute atomic E-state index is 13.1. The lowest BCUT2D eigenvalue weighted by Crippen LogP contribution is -2.54. The Morgan fingerprint density at radius 3 is 2.41 bits per heavy atom. The van der Waals surface area contributed by atoms with Crippen LogP contribution in [-0.2, 0) is 11.2 Å². The lowest BCUT2D eigenvalue weighted by molar-refractivity contribution is -0.182. The third kappa shape index (κ3) is 5.92. The summed E-state index contributed by atoms with van der Waals surface area (Å²) >= 11 is 2.78. The SMILES string of the molecule is COc1cc(CC(=O)Nc2nc(-c3sc(C)nc3C)cs2)cc(C(=O)NC(C)(C)C(F)(F)F)c1. The van der Waals surface area contributed by atoms with Crippen molar-refractivity contribution in [2.45, 2.75) is 45.8 Å². The molecule has 0 spiro atoms. The first kappa shape index (κ1) is 25.6. The van der Waals surface area contributed by atoms with E-state index in [-0.39, 0.29) is 17.7 Å². The molecule has 1 aromatic carbocycles. The van der Waals surface area contributed by atoms with Gasteiger partial charge in [-0.1, -0.05) is 0 Å². The van der Waals surface area contributed by atoms with E-state index in [0.29, 0.717) is 10.7 Å². The molecule has 0 atom stereocenters. The largest absolute Gasteiger partial charge is 0.497 e. The average Bonchev–Trinajstić information content (AvgIpc) is 3.31. The molecular weight excluding hydrogens is 489 g/mol. The van der Waals surface area contributed by atoms with E-state index in [1.54, 1.807) is 6.07 Å². The van der Waals surface area contributed by atoms with E-state index >= 15 is 0 Å². The van der Waals surface area contributed by atoms with Gasteiger partial charge in [0.15, 0.2) is 5.13 Å². The van der Waals surface area contributed by atoms with Crippen LogP contribution in [0.3, 0.4) is 0 Å². The van der Waals surface area contributed by atoms with Crippen molar-refractivity contribution in [1.29, 1.82) is 0 Å². The van der Waals surface area contributed by atoms with Crippen molar-refractivity contribution in [3.63, 3.8) is 0 Å². The number of halogens is 3. The molecule has 2 N–H and O–H groups in total. The summed E-state index contributed by atoms with van der Waals surface area (Å²) in [5.74, 6) is -1.08. The van der Waals surface area contributed by atoms with Crippen LogP contribution in [0.5, 0.6) is 5.75 Å². The van der Waals surface area contributed by atoms with Crippen molar-refractivity contribution in [2.24, 2.45) is 0 Å². The molecule has 2 aromatic heterocycles. The third-order valence-corrected chi connectivity index (χ3v) is 6.70. The zero-order valence-corrected chi connectivity index (χ0v) is 20.7. The lowest BCUT2D eigenvalue weighted by atomic mass is 10.0. The zero-order valence-electron chi connectivity index (χ0n) is 19.1. The number of hydrogen-bond acceptors (Lipinski definition) is 7. The maximum Gasteiger partial charge on any atom is 0.410 e. The van der Waals surface area contributed by atoms with E-state index in [9.17, 15) is 22.8 Å². The van der Waals surface area contributed by atoms with Crippen molar-refractivity contribution >= 4 is 39.6 Å². The van der Waals surface area contributed by atoms with E-state index in [4.69, 9.17) is 4.74 Å². The van der Waals surface area contributed by atoms with Gasteiger partial charge in [0.1, 0.15) is 11.3 Å². The minimum absolute atomic E-state index is 0.0490. The molecule has 12 heteroatoms. The number of methoxy groups -OCH3 is 1. The Morgan fingerprint density at radius 1 is 1.12 bits per heavy atom. The Labute approximate surface area is 202 Å². The molecule has 3 aromatic rings. The number of anilines is 1. The van der Waals surface area contributed by atoms with E-state index < -0.39 is 23.5 Å². The van der Waals surface area contributed by atoms with Crippen molar-refractivity contribution in [3.8, 4) is 16.3 Å². The normalized spacial score (nSPS) is 11.9. The smallest absolute Gasteiger partial charge is 0.410 e. The van der Waals surface area contributed by atoms with E-state index in [0.717, 1.165) is 35.1 Å². The molecule has 0 saturated heterocycles. The molecule has 34 heavy (non-hydrogen) atoms. The number of carbonyl (C=O) groups excluding carboxylic acids is 2. The van der Waals surface area contributed by atoms with Crippen molar-refractivity contribution in [2.75, 3.05) is 12.4 Å². The molecule has 0 aliphatic rings. The lowest BCUT2D eigenvalue weighted by Gasteiger charge is -2.29. The molecule has 0 aliphatic carbocycles. The van der Waals surface area contributed by atoms with Crippen molar-refractivity contribution in [3.05, 3.63) is 45.4 Å². The number of nitrogens with one attached hydrogen (secondary N) is 2. The molecule has 182 valence electrons. The molecule has 0 saturated carbocycles. The summed E-state index contributed by atoms with van der Waals surface area (Å²) in [6.45, 7) is 5.54. The minimum atomic E-state index is -4.63. The maximum atomic E-state index is 13.1. The molecule has 2 heterocycles. The van der Waals surface area contributed by atoms with Crippen molar-refractivity contribution < 1.29 is 27.5 Å². The number of ether oxygens (including phenoxy) is 1. The number of aromatic nitrogens is 2. The second-order valence-electron chi connectivity index (χ2n) is 8.06. The van der Waals surface area contributed by atoms with Gasteiger partial charge < -0.3 is 15.4 Å². The number of thiazole rings is 2. The molecule has 0 radical (unpaired) electrons. The highest BCUT2D eigenvalue weighted by Gasteiger charge is 2.48. The highest BCUT2D eigenvalue weighted by atomic mass is 32.1. The van der Waals surface area contributed by atoms with Crippen LogP contribution in [0, 0.1) is 13.8 Å². The number of carbonyl (C=O) groups is 2. The third-order valence-electron chi connectivity index (χ3n) is 4.85. The van der Waals surface area contributed by atoms with E-state index in [2.05, 4.69) is 15.3 Å². The van der Waals surface area contributed by atoms with Gasteiger partial charge in [0.25, 0.3) is 5.91 Å². The number of rotatable bonds is 7. The van der Waals surface area contributed by atoms with Crippen LogP contribution in [0.15, 0.2) is 23.6 Å². The predicted octanol–water partition coefficient (Wildman–Crippen LogP) is 5.14. The Balaban J connectivity index is 1.73. The monoisotopic (exact) mass is 512 g/mol. The summed E-state index contributed by atoms with van der Waals surface area (Å²) in [4.78, 5) is 34.8. The highest BCUT2D eigenvalue weighted by Crippen LogP contribution is 2.32. The van der Waals surface area contributed by atoms with Crippen LogP contribution in [0.2, 0.25) is 0 Å². The van der Waals surface area contributed by atoms with Gasteiger partial charge >= 0.3 is 6.18 Å². The Hall–Kier alpha value is -2.99. The van der Waals surface area contributed by atoms with Crippen LogP contribution >= 0.6 is 22.7 Å². The topological polar surface area (TPSA) is 93.2 Å². The van der Waals surface area contributed by atoms with Crippen LogP contribution in [0.25, 0.3) is 10.6 Å². The van der Waals surface area contributed by atoms with Gasteiger partial charge in [-0.05, 0) is 51.5 Å². The second-order valence-corrected chi connectivity index (χ2v) is 10.1.